The Morgan fingerprint density at radius 1 is 1.06 bits per heavy atom. The maximum atomic E-state index is 14.2. The molecule has 0 fully saturated rings. The summed E-state index contributed by atoms with van der Waals surface area (Å²) >= 11 is 1.01. The molecule has 0 saturated carbocycles. The first-order valence-electron chi connectivity index (χ1n) is 9.57. The van der Waals surface area contributed by atoms with Gasteiger partial charge in [-0.1, -0.05) is 52.9 Å². The SMILES string of the molecule is O=C(c1cc(-c2ccccc2)on1)N(Cc1cccnc1)c1nc2c(F)cc(F)cc2s1. The predicted molar refractivity (Wildman–Crippen MR) is 116 cm³/mol. The van der Waals surface area contributed by atoms with E-state index in [2.05, 4.69) is 15.1 Å². The lowest BCUT2D eigenvalue weighted by Crippen LogP contribution is -2.30. The van der Waals surface area contributed by atoms with Crippen molar-refractivity contribution in [1.29, 1.82) is 0 Å². The van der Waals surface area contributed by atoms with E-state index in [1.807, 2.05) is 30.3 Å². The lowest BCUT2D eigenvalue weighted by Gasteiger charge is -2.18. The Morgan fingerprint density at radius 2 is 1.91 bits per heavy atom. The zero-order valence-corrected chi connectivity index (χ0v) is 17.2. The molecule has 0 aliphatic rings. The summed E-state index contributed by atoms with van der Waals surface area (Å²) in [5.41, 5.74) is 1.58. The van der Waals surface area contributed by atoms with Crippen LogP contribution in [0.5, 0.6) is 0 Å². The summed E-state index contributed by atoms with van der Waals surface area (Å²) in [6.45, 7) is 0.115. The molecule has 0 aliphatic heterocycles. The second-order valence-corrected chi connectivity index (χ2v) is 7.93. The van der Waals surface area contributed by atoms with E-state index < -0.39 is 17.5 Å². The van der Waals surface area contributed by atoms with Gasteiger partial charge in [0.15, 0.2) is 22.4 Å². The maximum Gasteiger partial charge on any atom is 0.282 e. The zero-order chi connectivity index (χ0) is 22.1. The standard InChI is InChI=1S/C23H14F2N4O2S/c24-16-9-17(25)21-20(10-16)32-23(27-21)29(13-14-5-4-8-26-12-14)22(30)18-11-19(31-28-18)15-6-2-1-3-7-15/h1-12H,13H2. The molecule has 0 N–H and O–H groups in total. The van der Waals surface area contributed by atoms with Crippen LogP contribution in [0.25, 0.3) is 21.5 Å². The number of carbonyl (C=O) groups is 1. The van der Waals surface area contributed by atoms with Crippen molar-refractivity contribution in [1.82, 2.24) is 15.1 Å². The fraction of sp³-hybridized carbons (Fsp3) is 0.0435. The van der Waals surface area contributed by atoms with Gasteiger partial charge in [0, 0.05) is 30.1 Å². The molecule has 5 aromatic rings. The molecule has 2 aromatic carbocycles. The summed E-state index contributed by atoms with van der Waals surface area (Å²) in [6.07, 6.45) is 3.24. The molecule has 158 valence electrons. The highest BCUT2D eigenvalue weighted by Gasteiger charge is 2.26. The van der Waals surface area contributed by atoms with E-state index in [1.165, 1.54) is 11.0 Å². The van der Waals surface area contributed by atoms with Gasteiger partial charge in [-0.2, -0.15) is 0 Å². The Hall–Kier alpha value is -3.98. The fourth-order valence-electron chi connectivity index (χ4n) is 3.21. The van der Waals surface area contributed by atoms with Crippen LogP contribution in [0.15, 0.2) is 77.6 Å². The van der Waals surface area contributed by atoms with Crippen molar-refractivity contribution < 1.29 is 18.1 Å². The minimum atomic E-state index is -0.788. The summed E-state index contributed by atoms with van der Waals surface area (Å²) in [4.78, 5) is 23.1. The highest BCUT2D eigenvalue weighted by Crippen LogP contribution is 2.33. The Balaban J connectivity index is 1.55. The van der Waals surface area contributed by atoms with E-state index in [0.717, 1.165) is 28.5 Å². The van der Waals surface area contributed by atoms with E-state index in [0.29, 0.717) is 10.5 Å². The molecule has 6 nitrogen and oxygen atoms in total. The van der Waals surface area contributed by atoms with Crippen LogP contribution in [-0.2, 0) is 6.54 Å². The first-order valence-corrected chi connectivity index (χ1v) is 10.4. The van der Waals surface area contributed by atoms with Crippen molar-refractivity contribution in [3.63, 3.8) is 0 Å². The van der Waals surface area contributed by atoms with Gasteiger partial charge < -0.3 is 4.52 Å². The van der Waals surface area contributed by atoms with Gasteiger partial charge in [0.1, 0.15) is 11.3 Å². The van der Waals surface area contributed by atoms with Gasteiger partial charge in [-0.25, -0.2) is 13.8 Å². The fourth-order valence-corrected chi connectivity index (χ4v) is 4.22. The minimum Gasteiger partial charge on any atom is -0.355 e. The van der Waals surface area contributed by atoms with Crippen molar-refractivity contribution >= 4 is 32.6 Å². The number of halogens is 2. The first-order chi connectivity index (χ1) is 15.6. The van der Waals surface area contributed by atoms with Gasteiger partial charge in [-0.05, 0) is 17.7 Å². The van der Waals surface area contributed by atoms with E-state index in [4.69, 9.17) is 4.52 Å². The third-order valence-electron chi connectivity index (χ3n) is 4.73. The predicted octanol–water partition coefficient (Wildman–Crippen LogP) is 5.47. The van der Waals surface area contributed by atoms with E-state index >= 15 is 0 Å². The normalized spacial score (nSPS) is 11.1. The lowest BCUT2D eigenvalue weighted by atomic mass is 10.1. The van der Waals surface area contributed by atoms with Gasteiger partial charge in [0.25, 0.3) is 5.91 Å². The van der Waals surface area contributed by atoms with Gasteiger partial charge in [0.2, 0.25) is 0 Å². The smallest absolute Gasteiger partial charge is 0.282 e. The molecule has 0 unspecified atom stereocenters. The van der Waals surface area contributed by atoms with Crippen LogP contribution < -0.4 is 4.90 Å². The highest BCUT2D eigenvalue weighted by molar-refractivity contribution is 7.22. The van der Waals surface area contributed by atoms with Gasteiger partial charge >= 0.3 is 0 Å². The molecular weight excluding hydrogens is 434 g/mol. The van der Waals surface area contributed by atoms with Gasteiger partial charge in [-0.3, -0.25) is 14.7 Å². The summed E-state index contributed by atoms with van der Waals surface area (Å²) in [7, 11) is 0. The van der Waals surface area contributed by atoms with Crippen molar-refractivity contribution in [3.8, 4) is 11.3 Å². The third kappa shape index (κ3) is 3.85. The molecule has 0 atom stereocenters. The third-order valence-corrected chi connectivity index (χ3v) is 5.75. The quantitative estimate of drug-likeness (QED) is 0.356. The highest BCUT2D eigenvalue weighted by atomic mass is 32.1. The molecule has 0 aliphatic carbocycles. The lowest BCUT2D eigenvalue weighted by molar-refractivity contribution is 0.0976. The van der Waals surface area contributed by atoms with Crippen LogP contribution in [0.3, 0.4) is 0 Å². The minimum absolute atomic E-state index is 0.000476. The maximum absolute atomic E-state index is 14.2. The van der Waals surface area contributed by atoms with Crippen LogP contribution in [-0.4, -0.2) is 21.0 Å². The van der Waals surface area contributed by atoms with Gasteiger partial charge in [0.05, 0.1) is 11.2 Å². The zero-order valence-electron chi connectivity index (χ0n) is 16.4. The summed E-state index contributed by atoms with van der Waals surface area (Å²) in [5.74, 6) is -1.55. The Labute approximate surface area is 184 Å². The summed E-state index contributed by atoms with van der Waals surface area (Å²) in [6, 6.07) is 16.3. The summed E-state index contributed by atoms with van der Waals surface area (Å²) < 4.78 is 33.6. The summed E-state index contributed by atoms with van der Waals surface area (Å²) in [5, 5.41) is 4.14. The van der Waals surface area contributed by atoms with Crippen molar-refractivity contribution in [2.75, 3.05) is 4.90 Å². The number of nitrogens with zero attached hydrogens (tertiary/aromatic N) is 4. The number of anilines is 1. The number of carbonyl (C=O) groups excluding carboxylic acids is 1. The molecule has 0 saturated heterocycles. The molecule has 3 heterocycles. The van der Waals surface area contributed by atoms with Crippen LogP contribution in [0.2, 0.25) is 0 Å². The van der Waals surface area contributed by atoms with Crippen molar-refractivity contribution in [3.05, 3.63) is 95.9 Å². The largest absolute Gasteiger partial charge is 0.355 e. The monoisotopic (exact) mass is 448 g/mol. The molecule has 5 rings (SSSR count). The molecule has 3 aromatic heterocycles. The average molecular weight is 448 g/mol. The topological polar surface area (TPSA) is 72.1 Å². The molecular formula is C23H14F2N4O2S. The van der Waals surface area contributed by atoms with Crippen LogP contribution in [0.4, 0.5) is 13.9 Å². The average Bonchev–Trinajstić information content (AvgIpc) is 3.46. The number of amides is 1. The molecule has 1 amide bonds. The number of benzene rings is 2. The Bertz CT molecular complexity index is 1400. The van der Waals surface area contributed by atoms with Crippen LogP contribution in [0, 0.1) is 11.6 Å². The Morgan fingerprint density at radius 3 is 2.69 bits per heavy atom. The second kappa shape index (κ2) is 8.27. The molecule has 32 heavy (non-hydrogen) atoms. The Kier molecular flexibility index (Phi) is 5.16. The number of hydrogen-bond acceptors (Lipinski definition) is 6. The van der Waals surface area contributed by atoms with Crippen LogP contribution in [0.1, 0.15) is 16.1 Å². The van der Waals surface area contributed by atoms with Gasteiger partial charge in [-0.15, -0.1) is 0 Å². The number of fused-ring (bicyclic) bond motifs is 1. The van der Waals surface area contributed by atoms with Crippen molar-refractivity contribution in [2.45, 2.75) is 6.54 Å². The molecule has 0 bridgehead atoms. The second-order valence-electron chi connectivity index (χ2n) is 6.93. The molecule has 9 heteroatoms. The van der Waals surface area contributed by atoms with Crippen LogP contribution >= 0.6 is 11.3 Å². The van der Waals surface area contributed by atoms with Crippen molar-refractivity contribution in [2.24, 2.45) is 0 Å². The number of aromatic nitrogens is 3. The van der Waals surface area contributed by atoms with E-state index in [1.54, 1.807) is 30.6 Å². The number of pyridine rings is 1. The molecule has 0 spiro atoms. The first kappa shape index (κ1) is 20.0. The van der Waals surface area contributed by atoms with E-state index in [9.17, 15) is 13.6 Å². The van der Waals surface area contributed by atoms with E-state index in [-0.39, 0.29) is 22.9 Å². The molecule has 0 radical (unpaired) electrons. The number of rotatable bonds is 5. The number of thiazole rings is 1. The number of hydrogen-bond donors (Lipinski definition) is 0.